The molecule has 0 atom stereocenters. The van der Waals surface area contributed by atoms with Gasteiger partial charge in [-0.15, -0.1) is 0 Å². The van der Waals surface area contributed by atoms with Crippen LogP contribution in [-0.2, 0) is 6.54 Å². The Morgan fingerprint density at radius 1 is 1.29 bits per heavy atom. The van der Waals surface area contributed by atoms with Crippen molar-refractivity contribution in [2.75, 3.05) is 6.54 Å². The van der Waals surface area contributed by atoms with E-state index in [1.54, 1.807) is 12.1 Å². The number of hydrogen-bond acceptors (Lipinski definition) is 2. The first-order chi connectivity index (χ1) is 10.1. The number of hydrogen-bond donors (Lipinski definition) is 1. The van der Waals surface area contributed by atoms with Gasteiger partial charge in [0.2, 0.25) is 0 Å². The van der Waals surface area contributed by atoms with Gasteiger partial charge in [-0.25, -0.2) is 4.39 Å². The van der Waals surface area contributed by atoms with Crippen LogP contribution in [0.3, 0.4) is 0 Å². The van der Waals surface area contributed by atoms with E-state index in [1.165, 1.54) is 12.1 Å². The number of benzene rings is 2. The molecule has 21 heavy (non-hydrogen) atoms. The standard InChI is InChI=1S/C16H16BrClFNO/c1-2-8-20-10-11-4-3-5-14(18)16(11)21-15-7-6-12(19)9-13(15)17/h3-7,9,20H,2,8,10H2,1H3. The van der Waals surface area contributed by atoms with Gasteiger partial charge in [0.15, 0.2) is 5.75 Å². The second kappa shape index (κ2) is 7.78. The zero-order valence-corrected chi connectivity index (χ0v) is 14.0. The zero-order valence-electron chi connectivity index (χ0n) is 11.6. The van der Waals surface area contributed by atoms with E-state index in [4.69, 9.17) is 16.3 Å². The van der Waals surface area contributed by atoms with Crippen LogP contribution in [0.15, 0.2) is 40.9 Å². The Morgan fingerprint density at radius 3 is 2.81 bits per heavy atom. The van der Waals surface area contributed by atoms with Gasteiger partial charge in [-0.1, -0.05) is 30.7 Å². The number of ether oxygens (including phenoxy) is 1. The summed E-state index contributed by atoms with van der Waals surface area (Å²) < 4.78 is 19.6. The third-order valence-corrected chi connectivity index (χ3v) is 3.81. The van der Waals surface area contributed by atoms with Crippen LogP contribution >= 0.6 is 27.5 Å². The summed E-state index contributed by atoms with van der Waals surface area (Å²) in [6, 6.07) is 9.91. The molecule has 0 amide bonds. The van der Waals surface area contributed by atoms with Gasteiger partial charge in [-0.2, -0.15) is 0 Å². The lowest BCUT2D eigenvalue weighted by Crippen LogP contribution is -2.14. The fraction of sp³-hybridized carbons (Fsp3) is 0.250. The zero-order chi connectivity index (χ0) is 15.2. The minimum atomic E-state index is -0.321. The summed E-state index contributed by atoms with van der Waals surface area (Å²) in [5.41, 5.74) is 0.965. The highest BCUT2D eigenvalue weighted by Gasteiger charge is 2.11. The predicted octanol–water partition coefficient (Wildman–Crippen LogP) is 5.53. The van der Waals surface area contributed by atoms with E-state index in [-0.39, 0.29) is 5.82 Å². The molecule has 0 saturated carbocycles. The van der Waals surface area contributed by atoms with Crippen LogP contribution in [0.5, 0.6) is 11.5 Å². The molecule has 2 aromatic carbocycles. The normalized spacial score (nSPS) is 10.7. The van der Waals surface area contributed by atoms with Gasteiger partial charge >= 0.3 is 0 Å². The van der Waals surface area contributed by atoms with Crippen molar-refractivity contribution in [1.29, 1.82) is 0 Å². The third-order valence-electron chi connectivity index (χ3n) is 2.90. The van der Waals surface area contributed by atoms with Crippen molar-refractivity contribution in [3.63, 3.8) is 0 Å². The first-order valence-electron chi connectivity index (χ1n) is 6.73. The van der Waals surface area contributed by atoms with E-state index in [1.807, 2.05) is 12.1 Å². The maximum Gasteiger partial charge on any atom is 0.150 e. The molecule has 0 heterocycles. The average Bonchev–Trinajstić information content (AvgIpc) is 2.45. The molecular formula is C16H16BrClFNO. The maximum absolute atomic E-state index is 13.1. The Morgan fingerprint density at radius 2 is 2.10 bits per heavy atom. The van der Waals surface area contributed by atoms with E-state index >= 15 is 0 Å². The first kappa shape index (κ1) is 16.3. The Labute approximate surface area is 137 Å². The van der Waals surface area contributed by atoms with Crippen molar-refractivity contribution in [2.24, 2.45) is 0 Å². The molecule has 5 heteroatoms. The van der Waals surface area contributed by atoms with Gasteiger partial charge in [0.25, 0.3) is 0 Å². The Hall–Kier alpha value is -1.10. The summed E-state index contributed by atoms with van der Waals surface area (Å²) in [6.45, 7) is 3.70. The van der Waals surface area contributed by atoms with Crippen LogP contribution in [0.4, 0.5) is 4.39 Å². The second-order valence-electron chi connectivity index (χ2n) is 4.58. The van der Waals surface area contributed by atoms with Crippen LogP contribution in [0.25, 0.3) is 0 Å². The molecule has 1 N–H and O–H groups in total. The summed E-state index contributed by atoms with van der Waals surface area (Å²) >= 11 is 9.53. The lowest BCUT2D eigenvalue weighted by Gasteiger charge is -2.14. The van der Waals surface area contributed by atoms with Gasteiger partial charge in [-0.3, -0.25) is 0 Å². The van der Waals surface area contributed by atoms with Gasteiger partial charge in [0.05, 0.1) is 9.50 Å². The van der Waals surface area contributed by atoms with Crippen LogP contribution < -0.4 is 10.1 Å². The fourth-order valence-corrected chi connectivity index (χ4v) is 2.54. The topological polar surface area (TPSA) is 21.3 Å². The van der Waals surface area contributed by atoms with Gasteiger partial charge in [-0.05, 0) is 53.2 Å². The summed E-state index contributed by atoms with van der Waals surface area (Å²) in [7, 11) is 0. The predicted molar refractivity (Wildman–Crippen MR) is 87.6 cm³/mol. The summed E-state index contributed by atoms with van der Waals surface area (Å²) in [6.07, 6.45) is 1.06. The van der Waals surface area contributed by atoms with E-state index in [0.29, 0.717) is 27.5 Å². The summed E-state index contributed by atoms with van der Waals surface area (Å²) in [4.78, 5) is 0. The highest BCUT2D eigenvalue weighted by atomic mass is 79.9. The van der Waals surface area contributed by atoms with Crippen molar-refractivity contribution in [3.05, 3.63) is 57.3 Å². The van der Waals surface area contributed by atoms with Crippen molar-refractivity contribution in [1.82, 2.24) is 5.32 Å². The SMILES string of the molecule is CCCNCc1cccc(Cl)c1Oc1ccc(F)cc1Br. The average molecular weight is 373 g/mol. The monoisotopic (exact) mass is 371 g/mol. The van der Waals surface area contributed by atoms with E-state index < -0.39 is 0 Å². The lowest BCUT2D eigenvalue weighted by atomic mass is 10.2. The highest BCUT2D eigenvalue weighted by molar-refractivity contribution is 9.10. The Bertz CT molecular complexity index is 621. The minimum absolute atomic E-state index is 0.321. The van der Waals surface area contributed by atoms with E-state index in [0.717, 1.165) is 18.5 Å². The van der Waals surface area contributed by atoms with Crippen molar-refractivity contribution in [3.8, 4) is 11.5 Å². The Kier molecular flexibility index (Phi) is 6.03. The highest BCUT2D eigenvalue weighted by Crippen LogP contribution is 2.36. The molecule has 2 aromatic rings. The molecule has 0 bridgehead atoms. The van der Waals surface area contributed by atoms with Crippen LogP contribution in [-0.4, -0.2) is 6.54 Å². The number of halogens is 3. The number of para-hydroxylation sites is 1. The van der Waals surface area contributed by atoms with Crippen molar-refractivity contribution < 1.29 is 9.13 Å². The largest absolute Gasteiger partial charge is 0.454 e. The molecule has 0 saturated heterocycles. The first-order valence-corrected chi connectivity index (χ1v) is 7.90. The molecular weight excluding hydrogens is 357 g/mol. The maximum atomic E-state index is 13.1. The van der Waals surface area contributed by atoms with Crippen LogP contribution in [0.1, 0.15) is 18.9 Å². The summed E-state index contributed by atoms with van der Waals surface area (Å²) in [5.74, 6) is 0.800. The van der Waals surface area contributed by atoms with Crippen LogP contribution in [0.2, 0.25) is 5.02 Å². The van der Waals surface area contributed by atoms with Crippen LogP contribution in [0, 0.1) is 5.82 Å². The quantitative estimate of drug-likeness (QED) is 0.673. The molecule has 2 rings (SSSR count). The van der Waals surface area contributed by atoms with Gasteiger partial charge < -0.3 is 10.1 Å². The third kappa shape index (κ3) is 4.43. The second-order valence-corrected chi connectivity index (χ2v) is 5.84. The molecule has 0 aliphatic rings. The lowest BCUT2D eigenvalue weighted by molar-refractivity contribution is 0.468. The van der Waals surface area contributed by atoms with E-state index in [9.17, 15) is 4.39 Å². The van der Waals surface area contributed by atoms with Gasteiger partial charge in [0.1, 0.15) is 11.6 Å². The fourth-order valence-electron chi connectivity index (χ4n) is 1.87. The molecule has 0 spiro atoms. The smallest absolute Gasteiger partial charge is 0.150 e. The molecule has 112 valence electrons. The molecule has 0 fully saturated rings. The van der Waals surface area contributed by atoms with Crippen molar-refractivity contribution in [2.45, 2.75) is 19.9 Å². The minimum Gasteiger partial charge on any atom is -0.454 e. The molecule has 0 unspecified atom stereocenters. The van der Waals surface area contributed by atoms with E-state index in [2.05, 4.69) is 28.2 Å². The number of rotatable bonds is 6. The molecule has 0 radical (unpaired) electrons. The summed E-state index contributed by atoms with van der Waals surface area (Å²) in [5, 5.41) is 3.85. The molecule has 2 nitrogen and oxygen atoms in total. The molecule has 0 aliphatic heterocycles. The Balaban J connectivity index is 2.25. The molecule has 0 aliphatic carbocycles. The number of nitrogens with one attached hydrogen (secondary N) is 1. The molecule has 0 aromatic heterocycles. The van der Waals surface area contributed by atoms with Crippen molar-refractivity contribution >= 4 is 27.5 Å². The van der Waals surface area contributed by atoms with Gasteiger partial charge in [0, 0.05) is 12.1 Å².